The third-order valence-electron chi connectivity index (χ3n) is 3.34. The van der Waals surface area contributed by atoms with Gasteiger partial charge in [0.1, 0.15) is 11.5 Å². The lowest BCUT2D eigenvalue weighted by molar-refractivity contribution is 0.199. The van der Waals surface area contributed by atoms with Gasteiger partial charge < -0.3 is 9.84 Å². The molecule has 1 N–H and O–H groups in total. The lowest BCUT2D eigenvalue weighted by Crippen LogP contribution is -1.91. The second kappa shape index (κ2) is 5.35. The highest BCUT2D eigenvalue weighted by Crippen LogP contribution is 2.30. The molecular weight excluding hydrogens is 248 g/mol. The van der Waals surface area contributed by atoms with Gasteiger partial charge in [0, 0.05) is 5.39 Å². The number of rotatable bonds is 3. The first kappa shape index (κ1) is 12.7. The number of benzene rings is 3. The Morgan fingerprint density at radius 3 is 2.30 bits per heavy atom. The minimum atomic E-state index is -0.457. The predicted molar refractivity (Wildman–Crippen MR) is 81.1 cm³/mol. The minimum absolute atomic E-state index is 0.457. The molecule has 1 unspecified atom stereocenters. The van der Waals surface area contributed by atoms with Crippen LogP contribution in [-0.4, -0.2) is 5.11 Å². The van der Waals surface area contributed by atoms with E-state index in [0.717, 1.165) is 27.8 Å². The Kier molecular flexibility index (Phi) is 3.40. The molecule has 0 aliphatic rings. The van der Waals surface area contributed by atoms with Crippen LogP contribution < -0.4 is 4.74 Å². The Hall–Kier alpha value is -2.32. The molecule has 100 valence electrons. The summed E-state index contributed by atoms with van der Waals surface area (Å²) in [6, 6.07) is 21.7. The first-order chi connectivity index (χ1) is 9.74. The van der Waals surface area contributed by atoms with E-state index in [9.17, 15) is 5.11 Å². The van der Waals surface area contributed by atoms with Crippen molar-refractivity contribution in [2.75, 3.05) is 0 Å². The molecule has 0 heterocycles. The molecule has 2 heteroatoms. The molecule has 3 aromatic rings. The van der Waals surface area contributed by atoms with Crippen molar-refractivity contribution < 1.29 is 9.84 Å². The number of ether oxygens (including phenoxy) is 1. The fourth-order valence-corrected chi connectivity index (χ4v) is 2.23. The summed E-state index contributed by atoms with van der Waals surface area (Å²) in [6.07, 6.45) is -0.457. The Labute approximate surface area is 118 Å². The van der Waals surface area contributed by atoms with Crippen molar-refractivity contribution in [3.63, 3.8) is 0 Å². The molecule has 0 fully saturated rings. The van der Waals surface area contributed by atoms with Crippen molar-refractivity contribution in [1.82, 2.24) is 0 Å². The highest BCUT2D eigenvalue weighted by Gasteiger charge is 2.04. The Balaban J connectivity index is 1.93. The average Bonchev–Trinajstić information content (AvgIpc) is 2.48. The molecule has 3 rings (SSSR count). The fraction of sp³-hybridized carbons (Fsp3) is 0.111. The summed E-state index contributed by atoms with van der Waals surface area (Å²) in [6.45, 7) is 1.75. The lowest BCUT2D eigenvalue weighted by atomic mass is 10.1. The Bertz CT molecular complexity index is 710. The van der Waals surface area contributed by atoms with E-state index in [1.807, 2.05) is 48.5 Å². The smallest absolute Gasteiger partial charge is 0.135 e. The van der Waals surface area contributed by atoms with E-state index in [0.29, 0.717) is 0 Å². The van der Waals surface area contributed by atoms with Crippen LogP contribution in [0.3, 0.4) is 0 Å². The third kappa shape index (κ3) is 2.51. The van der Waals surface area contributed by atoms with E-state index in [1.54, 1.807) is 6.92 Å². The molecule has 0 spiro atoms. The van der Waals surface area contributed by atoms with Crippen LogP contribution in [0.2, 0.25) is 0 Å². The monoisotopic (exact) mass is 264 g/mol. The van der Waals surface area contributed by atoms with Crippen molar-refractivity contribution in [2.45, 2.75) is 13.0 Å². The van der Waals surface area contributed by atoms with Gasteiger partial charge >= 0.3 is 0 Å². The van der Waals surface area contributed by atoms with Gasteiger partial charge in [-0.15, -0.1) is 0 Å². The fourth-order valence-electron chi connectivity index (χ4n) is 2.23. The maximum absolute atomic E-state index is 9.50. The lowest BCUT2D eigenvalue weighted by Gasteiger charge is -2.10. The SMILES string of the molecule is CC(O)c1ccc(Oc2cccc3ccccc23)cc1. The van der Waals surface area contributed by atoms with Gasteiger partial charge in [-0.2, -0.15) is 0 Å². The van der Waals surface area contributed by atoms with Crippen LogP contribution in [0.1, 0.15) is 18.6 Å². The van der Waals surface area contributed by atoms with Crippen LogP contribution in [0.5, 0.6) is 11.5 Å². The normalized spacial score (nSPS) is 12.3. The zero-order valence-electron chi connectivity index (χ0n) is 11.3. The summed E-state index contributed by atoms with van der Waals surface area (Å²) >= 11 is 0. The molecule has 0 saturated carbocycles. The summed E-state index contributed by atoms with van der Waals surface area (Å²) < 4.78 is 5.94. The largest absolute Gasteiger partial charge is 0.457 e. The topological polar surface area (TPSA) is 29.5 Å². The zero-order valence-corrected chi connectivity index (χ0v) is 11.3. The van der Waals surface area contributed by atoms with Crippen molar-refractivity contribution in [3.8, 4) is 11.5 Å². The van der Waals surface area contributed by atoms with Crippen LogP contribution in [-0.2, 0) is 0 Å². The van der Waals surface area contributed by atoms with Crippen LogP contribution >= 0.6 is 0 Å². The predicted octanol–water partition coefficient (Wildman–Crippen LogP) is 4.69. The number of hydrogen-bond acceptors (Lipinski definition) is 2. The molecule has 3 aromatic carbocycles. The van der Waals surface area contributed by atoms with E-state index in [1.165, 1.54) is 0 Å². The molecular formula is C18H16O2. The van der Waals surface area contributed by atoms with Gasteiger partial charge in [0.15, 0.2) is 0 Å². The van der Waals surface area contributed by atoms with Gasteiger partial charge in [-0.1, -0.05) is 48.5 Å². The van der Waals surface area contributed by atoms with Gasteiger partial charge in [-0.3, -0.25) is 0 Å². The molecule has 0 bridgehead atoms. The van der Waals surface area contributed by atoms with Crippen LogP contribution in [0.15, 0.2) is 66.7 Å². The molecule has 0 amide bonds. The quantitative estimate of drug-likeness (QED) is 0.744. The van der Waals surface area contributed by atoms with Crippen LogP contribution in [0.4, 0.5) is 0 Å². The maximum Gasteiger partial charge on any atom is 0.135 e. The average molecular weight is 264 g/mol. The third-order valence-corrected chi connectivity index (χ3v) is 3.34. The van der Waals surface area contributed by atoms with Gasteiger partial charge in [0.25, 0.3) is 0 Å². The first-order valence-electron chi connectivity index (χ1n) is 6.68. The van der Waals surface area contributed by atoms with Gasteiger partial charge in [0.2, 0.25) is 0 Å². The zero-order chi connectivity index (χ0) is 13.9. The highest BCUT2D eigenvalue weighted by atomic mass is 16.5. The van der Waals surface area contributed by atoms with E-state index >= 15 is 0 Å². The molecule has 1 atom stereocenters. The van der Waals surface area contributed by atoms with Crippen LogP contribution in [0, 0.1) is 0 Å². The molecule has 0 aliphatic heterocycles. The molecule has 0 aromatic heterocycles. The second-order valence-electron chi connectivity index (χ2n) is 4.82. The van der Waals surface area contributed by atoms with E-state index in [-0.39, 0.29) is 0 Å². The number of fused-ring (bicyclic) bond motifs is 1. The second-order valence-corrected chi connectivity index (χ2v) is 4.82. The summed E-state index contributed by atoms with van der Waals surface area (Å²) in [7, 11) is 0. The van der Waals surface area contributed by atoms with E-state index in [4.69, 9.17) is 4.74 Å². The Morgan fingerprint density at radius 2 is 1.55 bits per heavy atom. The summed E-state index contributed by atoms with van der Waals surface area (Å²) in [4.78, 5) is 0. The van der Waals surface area contributed by atoms with Crippen molar-refractivity contribution in [2.24, 2.45) is 0 Å². The van der Waals surface area contributed by atoms with Gasteiger partial charge in [-0.05, 0) is 36.1 Å². The van der Waals surface area contributed by atoms with Gasteiger partial charge in [0.05, 0.1) is 6.10 Å². The van der Waals surface area contributed by atoms with Crippen molar-refractivity contribution >= 4 is 10.8 Å². The number of hydrogen-bond donors (Lipinski definition) is 1. The maximum atomic E-state index is 9.50. The standard InChI is InChI=1S/C18H16O2/c1-13(19)14-9-11-16(12-10-14)20-18-8-4-6-15-5-2-3-7-17(15)18/h2-13,19H,1H3. The summed E-state index contributed by atoms with van der Waals surface area (Å²) in [5.74, 6) is 1.61. The summed E-state index contributed by atoms with van der Waals surface area (Å²) in [5.41, 5.74) is 0.885. The first-order valence-corrected chi connectivity index (χ1v) is 6.68. The molecule has 2 nitrogen and oxygen atoms in total. The van der Waals surface area contributed by atoms with E-state index < -0.39 is 6.10 Å². The molecule has 0 radical (unpaired) electrons. The van der Waals surface area contributed by atoms with Crippen LogP contribution in [0.25, 0.3) is 10.8 Å². The molecule has 0 saturated heterocycles. The molecule has 20 heavy (non-hydrogen) atoms. The summed E-state index contributed by atoms with van der Waals surface area (Å²) in [5, 5.41) is 11.8. The highest BCUT2D eigenvalue weighted by molar-refractivity contribution is 5.88. The van der Waals surface area contributed by atoms with Crippen molar-refractivity contribution in [3.05, 3.63) is 72.3 Å². The van der Waals surface area contributed by atoms with E-state index in [2.05, 4.69) is 18.2 Å². The van der Waals surface area contributed by atoms with Crippen molar-refractivity contribution in [1.29, 1.82) is 0 Å². The molecule has 0 aliphatic carbocycles. The van der Waals surface area contributed by atoms with Gasteiger partial charge in [-0.25, -0.2) is 0 Å². The number of aliphatic hydroxyl groups excluding tert-OH is 1. The Morgan fingerprint density at radius 1 is 0.850 bits per heavy atom. The minimum Gasteiger partial charge on any atom is -0.457 e. The number of aliphatic hydroxyl groups is 1.